The van der Waals surface area contributed by atoms with Crippen LogP contribution in [0.4, 0.5) is 0 Å². The van der Waals surface area contributed by atoms with Crippen LogP contribution in [0.25, 0.3) is 0 Å². The number of nitrogens with zero attached hydrogens (tertiary/aromatic N) is 4. The van der Waals surface area contributed by atoms with E-state index in [0.717, 1.165) is 44.3 Å². The Kier molecular flexibility index (Phi) is 19.6. The summed E-state index contributed by atoms with van der Waals surface area (Å²) in [5.74, 6) is 0.876. The predicted molar refractivity (Wildman–Crippen MR) is 194 cm³/mol. The third kappa shape index (κ3) is 17.5. The van der Waals surface area contributed by atoms with E-state index in [0.29, 0.717) is 58.3 Å². The van der Waals surface area contributed by atoms with E-state index in [1.807, 2.05) is 54.7 Å². The van der Waals surface area contributed by atoms with Crippen LogP contribution in [-0.2, 0) is 36.9 Å². The molecule has 282 valence electrons. The summed E-state index contributed by atoms with van der Waals surface area (Å²) in [4.78, 5) is 14.3. The van der Waals surface area contributed by atoms with Crippen LogP contribution in [0.3, 0.4) is 0 Å². The Morgan fingerprint density at radius 2 is 1.65 bits per heavy atom. The number of hydrogen-bond donors (Lipinski definition) is 1. The molecule has 2 atom stereocenters. The molecule has 0 radical (unpaired) electrons. The predicted octanol–water partition coefficient (Wildman–Crippen LogP) is 7.40. The standard InChI is InChI=1S/C36H68N4O6.C2H6/c1-12-30(41)23-35(8,9)46-27-36(10,11)44-22-20-39-24-29(37-38-39)25-43-21-18-34(6,7)45-26-33(4,5)40(19-14-15-28(2)3)31-16-13-17-32(31)42;1-2/h24,28,31-32,42H,12-23,25-27H2,1-11H3;1-2H3. The molecule has 10 heteroatoms. The van der Waals surface area contributed by atoms with Crippen molar-refractivity contribution in [2.75, 3.05) is 33.0 Å². The number of Topliss-reactive ketones (excluding diaryl/α,β-unsaturated/α-hetero) is 1. The van der Waals surface area contributed by atoms with E-state index in [-0.39, 0.29) is 29.1 Å². The third-order valence-corrected chi connectivity index (χ3v) is 8.94. The fraction of sp³-hybridized carbons (Fsp3) is 0.921. The van der Waals surface area contributed by atoms with Gasteiger partial charge in [-0.3, -0.25) is 9.69 Å². The molecule has 0 spiro atoms. The van der Waals surface area contributed by atoms with Crippen molar-refractivity contribution in [1.82, 2.24) is 19.9 Å². The maximum atomic E-state index is 11.8. The molecule has 0 aromatic carbocycles. The molecule has 0 aliphatic heterocycles. The van der Waals surface area contributed by atoms with Gasteiger partial charge < -0.3 is 24.1 Å². The average Bonchev–Trinajstić information content (AvgIpc) is 3.64. The summed E-state index contributed by atoms with van der Waals surface area (Å²) in [7, 11) is 0. The molecule has 2 rings (SSSR count). The van der Waals surface area contributed by atoms with Crippen LogP contribution in [0.5, 0.6) is 0 Å². The number of ether oxygens (including phenoxy) is 4. The highest BCUT2D eigenvalue weighted by atomic mass is 16.6. The van der Waals surface area contributed by atoms with Crippen LogP contribution < -0.4 is 0 Å². The normalized spacial score (nSPS) is 17.7. The van der Waals surface area contributed by atoms with E-state index < -0.39 is 11.2 Å². The molecule has 2 unspecified atom stereocenters. The number of rotatable bonds is 24. The monoisotopic (exact) mass is 683 g/mol. The highest BCUT2D eigenvalue weighted by molar-refractivity contribution is 5.78. The number of carbonyl (C=O) groups excluding carboxylic acids is 1. The van der Waals surface area contributed by atoms with Crippen molar-refractivity contribution in [2.45, 2.75) is 189 Å². The summed E-state index contributed by atoms with van der Waals surface area (Å²) in [6.45, 7) is 31.0. The van der Waals surface area contributed by atoms with Crippen molar-refractivity contribution in [3.05, 3.63) is 11.9 Å². The Balaban J connectivity index is 0.00000565. The lowest BCUT2D eigenvalue weighted by Gasteiger charge is -2.45. The lowest BCUT2D eigenvalue weighted by atomic mass is 9.96. The first kappa shape index (κ1) is 44.6. The van der Waals surface area contributed by atoms with Gasteiger partial charge in [-0.1, -0.05) is 39.8 Å². The Morgan fingerprint density at radius 3 is 2.25 bits per heavy atom. The topological polar surface area (TPSA) is 108 Å². The minimum absolute atomic E-state index is 0.179. The van der Waals surface area contributed by atoms with E-state index in [1.165, 1.54) is 6.42 Å². The summed E-state index contributed by atoms with van der Waals surface area (Å²) in [6.07, 6.45) is 8.67. The molecule has 0 amide bonds. The summed E-state index contributed by atoms with van der Waals surface area (Å²) < 4.78 is 26.3. The first-order valence-electron chi connectivity index (χ1n) is 18.7. The van der Waals surface area contributed by atoms with Gasteiger partial charge in [0.05, 0.1) is 62.1 Å². The van der Waals surface area contributed by atoms with E-state index >= 15 is 0 Å². The first-order valence-corrected chi connectivity index (χ1v) is 18.7. The van der Waals surface area contributed by atoms with Gasteiger partial charge in [0.15, 0.2) is 0 Å². The maximum absolute atomic E-state index is 11.8. The van der Waals surface area contributed by atoms with Crippen LogP contribution in [0, 0.1) is 5.92 Å². The second-order valence-electron chi connectivity index (χ2n) is 16.2. The van der Waals surface area contributed by atoms with Gasteiger partial charge >= 0.3 is 0 Å². The number of hydrogen-bond acceptors (Lipinski definition) is 9. The van der Waals surface area contributed by atoms with Gasteiger partial charge in [-0.25, -0.2) is 4.68 Å². The molecule has 1 N–H and O–H groups in total. The van der Waals surface area contributed by atoms with Crippen molar-refractivity contribution in [2.24, 2.45) is 5.92 Å². The minimum Gasteiger partial charge on any atom is -0.391 e. The SMILES string of the molecule is CC.CCC(=O)CC(C)(C)OCC(C)(C)OCCn1cc(COCCC(C)(C)OCC(C)(C)N(CCCC(C)C)C2CCCC2O)nn1. The van der Waals surface area contributed by atoms with Gasteiger partial charge in [-0.2, -0.15) is 0 Å². The molecule has 1 aliphatic rings. The molecule has 0 bridgehead atoms. The minimum atomic E-state index is -0.514. The fourth-order valence-electron chi connectivity index (χ4n) is 5.88. The molecular weight excluding hydrogens is 608 g/mol. The van der Waals surface area contributed by atoms with Gasteiger partial charge in [-0.15, -0.1) is 5.10 Å². The highest BCUT2D eigenvalue weighted by Gasteiger charge is 2.39. The number of carbonyl (C=O) groups is 1. The van der Waals surface area contributed by atoms with Crippen LogP contribution in [0.2, 0.25) is 0 Å². The summed E-state index contributed by atoms with van der Waals surface area (Å²) in [5, 5.41) is 19.2. The van der Waals surface area contributed by atoms with Gasteiger partial charge in [0.2, 0.25) is 0 Å². The molecule has 1 aliphatic carbocycles. The third-order valence-electron chi connectivity index (χ3n) is 8.94. The fourth-order valence-corrected chi connectivity index (χ4v) is 5.88. The number of aliphatic hydroxyl groups is 1. The number of aromatic nitrogens is 3. The second kappa shape index (κ2) is 21.1. The molecule has 1 heterocycles. The summed E-state index contributed by atoms with van der Waals surface area (Å²) >= 11 is 0. The largest absolute Gasteiger partial charge is 0.391 e. The van der Waals surface area contributed by atoms with Gasteiger partial charge in [0, 0.05) is 31.0 Å². The smallest absolute Gasteiger partial charge is 0.135 e. The van der Waals surface area contributed by atoms with Crippen molar-refractivity contribution in [3.63, 3.8) is 0 Å². The van der Waals surface area contributed by atoms with Crippen LogP contribution in [0.15, 0.2) is 6.20 Å². The average molecular weight is 683 g/mol. The molecule has 1 aromatic rings. The molecule has 1 saturated carbocycles. The highest BCUT2D eigenvalue weighted by Crippen LogP contribution is 2.32. The number of ketones is 1. The Bertz CT molecular complexity index is 1020. The molecule has 48 heavy (non-hydrogen) atoms. The van der Waals surface area contributed by atoms with Crippen molar-refractivity contribution >= 4 is 5.78 Å². The zero-order valence-electron chi connectivity index (χ0n) is 33.2. The van der Waals surface area contributed by atoms with Gasteiger partial charge in [-0.05, 0) is 106 Å². The van der Waals surface area contributed by atoms with E-state index in [9.17, 15) is 9.90 Å². The molecular formula is C38H74N4O6. The quantitative estimate of drug-likeness (QED) is 0.112. The zero-order chi connectivity index (χ0) is 36.6. The molecule has 0 saturated heterocycles. The van der Waals surface area contributed by atoms with Crippen molar-refractivity contribution in [1.29, 1.82) is 0 Å². The van der Waals surface area contributed by atoms with E-state index in [1.54, 1.807) is 4.68 Å². The van der Waals surface area contributed by atoms with Crippen LogP contribution in [0.1, 0.15) is 147 Å². The Hall–Kier alpha value is -1.43. The van der Waals surface area contributed by atoms with Crippen molar-refractivity contribution < 1.29 is 28.8 Å². The van der Waals surface area contributed by atoms with E-state index in [4.69, 9.17) is 18.9 Å². The zero-order valence-corrected chi connectivity index (χ0v) is 33.2. The second-order valence-corrected chi connectivity index (χ2v) is 16.2. The summed E-state index contributed by atoms with van der Waals surface area (Å²) in [5.41, 5.74) is -0.757. The molecule has 1 aromatic heterocycles. The number of aliphatic hydroxyl groups excluding tert-OH is 1. The van der Waals surface area contributed by atoms with E-state index in [2.05, 4.69) is 56.8 Å². The Morgan fingerprint density at radius 1 is 0.979 bits per heavy atom. The molecule has 10 nitrogen and oxygen atoms in total. The Labute approximate surface area is 294 Å². The van der Waals surface area contributed by atoms with Crippen molar-refractivity contribution in [3.8, 4) is 0 Å². The lowest BCUT2D eigenvalue weighted by Crippen LogP contribution is -2.56. The lowest BCUT2D eigenvalue weighted by molar-refractivity contribution is -0.138. The van der Waals surface area contributed by atoms with Gasteiger partial charge in [0.1, 0.15) is 11.5 Å². The first-order chi connectivity index (χ1) is 22.3. The summed E-state index contributed by atoms with van der Waals surface area (Å²) in [6, 6.07) is 0.207. The molecule has 1 fully saturated rings. The maximum Gasteiger partial charge on any atom is 0.135 e. The van der Waals surface area contributed by atoms with Crippen LogP contribution >= 0.6 is 0 Å². The van der Waals surface area contributed by atoms with Gasteiger partial charge in [0.25, 0.3) is 0 Å². The van der Waals surface area contributed by atoms with Crippen LogP contribution in [-0.4, -0.2) is 98.2 Å².